The summed E-state index contributed by atoms with van der Waals surface area (Å²) in [7, 11) is 0. The summed E-state index contributed by atoms with van der Waals surface area (Å²) in [4.78, 5) is 22.3. The molecule has 1 aromatic carbocycles. The van der Waals surface area contributed by atoms with Crippen molar-refractivity contribution < 1.29 is 9.59 Å². The van der Waals surface area contributed by atoms with Crippen molar-refractivity contribution in [1.82, 2.24) is 10.7 Å². The van der Waals surface area contributed by atoms with Crippen LogP contribution in [0.2, 0.25) is 5.02 Å². The summed E-state index contributed by atoms with van der Waals surface area (Å²) in [5.41, 5.74) is 3.27. The highest BCUT2D eigenvalue weighted by Crippen LogP contribution is 2.18. The Hall–Kier alpha value is -1.59. The largest absolute Gasteiger partial charge is 0.343 e. The van der Waals surface area contributed by atoms with Gasteiger partial charge in [-0.25, -0.2) is 15.2 Å². The van der Waals surface area contributed by atoms with Crippen molar-refractivity contribution in [1.29, 1.82) is 0 Å². The summed E-state index contributed by atoms with van der Waals surface area (Å²) in [6.07, 6.45) is 0. The number of hydrazine groups is 1. The molecule has 0 saturated carbocycles. The lowest BCUT2D eigenvalue weighted by Gasteiger charge is -2.27. The van der Waals surface area contributed by atoms with Gasteiger partial charge >= 0.3 is 6.03 Å². The van der Waals surface area contributed by atoms with Gasteiger partial charge in [0, 0.05) is 5.02 Å². The molecule has 2 rings (SSSR count). The van der Waals surface area contributed by atoms with Crippen LogP contribution >= 0.6 is 11.6 Å². The van der Waals surface area contributed by atoms with E-state index in [4.69, 9.17) is 11.6 Å². The zero-order valence-electron chi connectivity index (χ0n) is 7.66. The van der Waals surface area contributed by atoms with Crippen LogP contribution < -0.4 is 15.8 Å². The van der Waals surface area contributed by atoms with Crippen molar-refractivity contribution in [2.24, 2.45) is 0 Å². The Balaban J connectivity index is 2.24. The summed E-state index contributed by atoms with van der Waals surface area (Å²) in [5, 5.41) is 3.96. The third-order valence-corrected chi connectivity index (χ3v) is 2.15. The smallest absolute Gasteiger partial charge is 0.275 e. The molecule has 0 radical (unpaired) electrons. The van der Waals surface area contributed by atoms with Gasteiger partial charge in [-0.05, 0) is 18.2 Å². The first kappa shape index (κ1) is 9.95. The van der Waals surface area contributed by atoms with E-state index in [9.17, 15) is 9.59 Å². The van der Waals surface area contributed by atoms with Crippen molar-refractivity contribution in [3.8, 4) is 0 Å². The standard InChI is InChI=1S/C9H8ClN3O2/c10-6-2-1-3-7(4-6)13-9(15)12-8(14)5-11-13/h1-4,11H,5H2,(H,12,14,15). The van der Waals surface area contributed by atoms with Crippen LogP contribution in [0.15, 0.2) is 24.3 Å². The van der Waals surface area contributed by atoms with Crippen molar-refractivity contribution >= 4 is 29.2 Å². The predicted octanol–water partition coefficient (Wildman–Crippen LogP) is 0.901. The van der Waals surface area contributed by atoms with Crippen LogP contribution in [-0.4, -0.2) is 18.5 Å². The number of imide groups is 1. The second kappa shape index (κ2) is 3.88. The first-order chi connectivity index (χ1) is 7.16. The maximum absolute atomic E-state index is 11.4. The minimum absolute atomic E-state index is 0.0677. The lowest BCUT2D eigenvalue weighted by atomic mass is 10.3. The number of hydrogen-bond donors (Lipinski definition) is 2. The topological polar surface area (TPSA) is 61.4 Å². The van der Waals surface area contributed by atoms with E-state index in [1.165, 1.54) is 5.01 Å². The maximum atomic E-state index is 11.4. The lowest BCUT2D eigenvalue weighted by Crippen LogP contribution is -2.59. The Bertz CT molecular complexity index is 422. The predicted molar refractivity (Wildman–Crippen MR) is 55.5 cm³/mol. The Kier molecular flexibility index (Phi) is 2.57. The fourth-order valence-corrected chi connectivity index (χ4v) is 1.45. The van der Waals surface area contributed by atoms with E-state index in [0.717, 1.165) is 0 Å². The molecule has 3 amide bonds. The van der Waals surface area contributed by atoms with E-state index in [2.05, 4.69) is 10.7 Å². The van der Waals surface area contributed by atoms with Gasteiger partial charge < -0.3 is 0 Å². The molecule has 0 atom stereocenters. The Morgan fingerprint density at radius 1 is 1.33 bits per heavy atom. The summed E-state index contributed by atoms with van der Waals surface area (Å²) >= 11 is 5.79. The number of anilines is 1. The molecule has 1 fully saturated rings. The molecule has 0 unspecified atom stereocenters. The number of rotatable bonds is 1. The summed E-state index contributed by atoms with van der Waals surface area (Å²) in [5.74, 6) is -0.349. The molecule has 6 heteroatoms. The van der Waals surface area contributed by atoms with Crippen molar-refractivity contribution in [2.45, 2.75) is 0 Å². The van der Waals surface area contributed by atoms with Gasteiger partial charge in [0.15, 0.2) is 0 Å². The van der Waals surface area contributed by atoms with E-state index in [0.29, 0.717) is 10.7 Å². The molecule has 1 aliphatic heterocycles. The number of hydrogen-bond acceptors (Lipinski definition) is 3. The second-order valence-corrected chi connectivity index (χ2v) is 3.44. The quantitative estimate of drug-likeness (QED) is 0.747. The second-order valence-electron chi connectivity index (χ2n) is 3.00. The fourth-order valence-electron chi connectivity index (χ4n) is 1.27. The first-order valence-corrected chi connectivity index (χ1v) is 4.67. The molecule has 1 heterocycles. The number of benzene rings is 1. The van der Waals surface area contributed by atoms with Gasteiger partial charge in [0.2, 0.25) is 5.91 Å². The van der Waals surface area contributed by atoms with Crippen molar-refractivity contribution in [3.05, 3.63) is 29.3 Å². The zero-order valence-corrected chi connectivity index (χ0v) is 8.41. The molecule has 0 bridgehead atoms. The maximum Gasteiger partial charge on any atom is 0.343 e. The number of nitrogens with zero attached hydrogens (tertiary/aromatic N) is 1. The Morgan fingerprint density at radius 3 is 2.80 bits per heavy atom. The van der Waals surface area contributed by atoms with Gasteiger partial charge in [0.1, 0.15) is 0 Å². The zero-order chi connectivity index (χ0) is 10.8. The number of nitrogens with one attached hydrogen (secondary N) is 2. The van der Waals surface area contributed by atoms with E-state index in [1.807, 2.05) is 0 Å². The van der Waals surface area contributed by atoms with E-state index in [-0.39, 0.29) is 12.5 Å². The molecule has 1 aromatic rings. The van der Waals surface area contributed by atoms with Crippen LogP contribution in [-0.2, 0) is 4.79 Å². The number of halogens is 1. The van der Waals surface area contributed by atoms with Crippen LogP contribution in [0.3, 0.4) is 0 Å². The molecule has 5 nitrogen and oxygen atoms in total. The molecular formula is C9H8ClN3O2. The number of amides is 3. The average Bonchev–Trinajstić information content (AvgIpc) is 2.17. The van der Waals surface area contributed by atoms with Crippen LogP contribution in [0, 0.1) is 0 Å². The van der Waals surface area contributed by atoms with Crippen LogP contribution in [0.25, 0.3) is 0 Å². The van der Waals surface area contributed by atoms with Crippen molar-refractivity contribution in [3.63, 3.8) is 0 Å². The van der Waals surface area contributed by atoms with Gasteiger partial charge in [0.05, 0.1) is 12.2 Å². The fraction of sp³-hybridized carbons (Fsp3) is 0.111. The Labute approximate surface area is 91.0 Å². The molecule has 78 valence electrons. The third kappa shape index (κ3) is 2.08. The number of carbonyl (C=O) groups is 2. The van der Waals surface area contributed by atoms with Gasteiger partial charge in [-0.15, -0.1) is 0 Å². The number of carbonyl (C=O) groups excluding carboxylic acids is 2. The molecular weight excluding hydrogens is 218 g/mol. The molecule has 0 spiro atoms. The molecule has 15 heavy (non-hydrogen) atoms. The van der Waals surface area contributed by atoms with E-state index >= 15 is 0 Å². The van der Waals surface area contributed by atoms with Crippen molar-refractivity contribution in [2.75, 3.05) is 11.6 Å². The third-order valence-electron chi connectivity index (χ3n) is 1.91. The minimum atomic E-state index is -0.506. The normalized spacial score (nSPS) is 16.5. The lowest BCUT2D eigenvalue weighted by molar-refractivity contribution is -0.119. The van der Waals surface area contributed by atoms with Gasteiger partial charge in [0.25, 0.3) is 0 Å². The first-order valence-electron chi connectivity index (χ1n) is 4.30. The van der Waals surface area contributed by atoms with Crippen LogP contribution in [0.4, 0.5) is 10.5 Å². The molecule has 1 saturated heterocycles. The van der Waals surface area contributed by atoms with Crippen LogP contribution in [0.5, 0.6) is 0 Å². The SMILES string of the molecule is O=C1CNN(c2cccc(Cl)c2)C(=O)N1. The van der Waals surface area contributed by atoms with E-state index in [1.54, 1.807) is 24.3 Å². The van der Waals surface area contributed by atoms with Gasteiger partial charge in [-0.3, -0.25) is 10.1 Å². The summed E-state index contributed by atoms with van der Waals surface area (Å²) < 4.78 is 0. The summed E-state index contributed by atoms with van der Waals surface area (Å²) in [6, 6.07) is 6.27. The van der Waals surface area contributed by atoms with Gasteiger partial charge in [-0.2, -0.15) is 0 Å². The average molecular weight is 226 g/mol. The molecule has 0 aliphatic carbocycles. The minimum Gasteiger partial charge on any atom is -0.275 e. The van der Waals surface area contributed by atoms with E-state index < -0.39 is 6.03 Å². The van der Waals surface area contributed by atoms with Gasteiger partial charge in [-0.1, -0.05) is 17.7 Å². The molecule has 1 aliphatic rings. The summed E-state index contributed by atoms with van der Waals surface area (Å²) in [6.45, 7) is 0.0677. The molecule has 2 N–H and O–H groups in total. The highest BCUT2D eigenvalue weighted by Gasteiger charge is 2.23. The molecule has 0 aromatic heterocycles. The van der Waals surface area contributed by atoms with Crippen LogP contribution in [0.1, 0.15) is 0 Å². The highest BCUT2D eigenvalue weighted by atomic mass is 35.5. The Morgan fingerprint density at radius 2 is 2.13 bits per heavy atom. The monoisotopic (exact) mass is 225 g/mol. The number of urea groups is 1. The highest BCUT2D eigenvalue weighted by molar-refractivity contribution is 6.30.